The number of nitrogens with two attached hydrogens (primary N) is 1. The van der Waals surface area contributed by atoms with Gasteiger partial charge in [0.05, 0.1) is 0 Å². The second-order valence-corrected chi connectivity index (χ2v) is 3.54. The van der Waals surface area contributed by atoms with E-state index in [9.17, 15) is 0 Å². The average molecular weight is 187 g/mol. The Labute approximate surface area is 86.0 Å². The molecule has 0 atom stereocenters. The van der Waals surface area contributed by atoms with Gasteiger partial charge in [-0.1, -0.05) is 26.7 Å². The first-order chi connectivity index (χ1) is 6.49. The maximum atomic E-state index is 5.86. The SMILES string of the molecule is C=C1C=C(N)C(=C)C(C)=C(CC)C1=C. The topological polar surface area (TPSA) is 26.0 Å². The molecule has 1 rings (SSSR count). The summed E-state index contributed by atoms with van der Waals surface area (Å²) in [5.74, 6) is 0. The predicted molar refractivity (Wildman–Crippen MR) is 62.7 cm³/mol. The molecule has 0 saturated carbocycles. The molecule has 0 unspecified atom stereocenters. The van der Waals surface area contributed by atoms with E-state index in [1.54, 1.807) is 0 Å². The standard InChI is InChI=1S/C13H17N/c1-6-12-9(3)8(2)7-13(14)11(5)10(12)4/h7H,2-3,5-6,14H2,1,4H3. The van der Waals surface area contributed by atoms with Gasteiger partial charge in [-0.15, -0.1) is 0 Å². The van der Waals surface area contributed by atoms with Crippen molar-refractivity contribution in [3.8, 4) is 0 Å². The summed E-state index contributed by atoms with van der Waals surface area (Å²) in [7, 11) is 0. The molecule has 1 aliphatic carbocycles. The van der Waals surface area contributed by atoms with Crippen molar-refractivity contribution >= 4 is 0 Å². The first kappa shape index (κ1) is 10.6. The molecule has 0 bridgehead atoms. The third kappa shape index (κ3) is 1.58. The maximum absolute atomic E-state index is 5.86. The second kappa shape index (κ2) is 3.70. The van der Waals surface area contributed by atoms with Crippen LogP contribution in [0.2, 0.25) is 0 Å². The summed E-state index contributed by atoms with van der Waals surface area (Å²) in [4.78, 5) is 0. The van der Waals surface area contributed by atoms with Gasteiger partial charge in [-0.25, -0.2) is 0 Å². The molecule has 14 heavy (non-hydrogen) atoms. The van der Waals surface area contributed by atoms with Crippen LogP contribution < -0.4 is 5.73 Å². The molecule has 0 aromatic rings. The van der Waals surface area contributed by atoms with E-state index in [2.05, 4.69) is 26.7 Å². The molecule has 1 aliphatic rings. The van der Waals surface area contributed by atoms with Gasteiger partial charge in [0.25, 0.3) is 0 Å². The molecular weight excluding hydrogens is 170 g/mol. The quantitative estimate of drug-likeness (QED) is 0.670. The number of hydrogen-bond acceptors (Lipinski definition) is 1. The first-order valence-electron chi connectivity index (χ1n) is 4.74. The summed E-state index contributed by atoms with van der Waals surface area (Å²) in [6.45, 7) is 16.1. The number of hydrogen-bond donors (Lipinski definition) is 1. The molecular formula is C13H17N. The van der Waals surface area contributed by atoms with Crippen LogP contribution in [0.15, 0.2) is 59.4 Å². The molecule has 74 valence electrons. The summed E-state index contributed by atoms with van der Waals surface area (Å²) in [6, 6.07) is 0. The highest BCUT2D eigenvalue weighted by molar-refractivity contribution is 5.61. The van der Waals surface area contributed by atoms with E-state index in [1.165, 1.54) is 5.57 Å². The maximum Gasteiger partial charge on any atom is 0.0390 e. The lowest BCUT2D eigenvalue weighted by molar-refractivity contribution is 1.09. The lowest BCUT2D eigenvalue weighted by Gasteiger charge is -2.11. The molecule has 0 aromatic carbocycles. The zero-order valence-corrected chi connectivity index (χ0v) is 8.98. The molecule has 0 fully saturated rings. The first-order valence-corrected chi connectivity index (χ1v) is 4.74. The minimum Gasteiger partial charge on any atom is -0.398 e. The zero-order chi connectivity index (χ0) is 10.9. The Bertz CT molecular complexity index is 376. The fraction of sp³-hybridized carbons (Fsp3) is 0.231. The normalized spacial score (nSPS) is 18.4. The van der Waals surface area contributed by atoms with Crippen LogP contribution in [0, 0.1) is 0 Å². The van der Waals surface area contributed by atoms with Crippen LogP contribution in [0.4, 0.5) is 0 Å². The lowest BCUT2D eigenvalue weighted by atomic mass is 9.94. The Morgan fingerprint density at radius 2 is 1.79 bits per heavy atom. The third-order valence-electron chi connectivity index (χ3n) is 2.69. The molecule has 2 N–H and O–H groups in total. The van der Waals surface area contributed by atoms with Gasteiger partial charge in [0, 0.05) is 5.70 Å². The lowest BCUT2D eigenvalue weighted by Crippen LogP contribution is -2.00. The highest BCUT2D eigenvalue weighted by Crippen LogP contribution is 2.32. The largest absolute Gasteiger partial charge is 0.398 e. The molecule has 0 amide bonds. The fourth-order valence-electron chi connectivity index (χ4n) is 1.66. The van der Waals surface area contributed by atoms with Gasteiger partial charge in [0.15, 0.2) is 0 Å². The minimum atomic E-state index is 0.692. The van der Waals surface area contributed by atoms with Crippen LogP contribution in [0.3, 0.4) is 0 Å². The fourth-order valence-corrected chi connectivity index (χ4v) is 1.66. The van der Waals surface area contributed by atoms with E-state index >= 15 is 0 Å². The van der Waals surface area contributed by atoms with Crippen molar-refractivity contribution in [2.45, 2.75) is 20.3 Å². The van der Waals surface area contributed by atoms with E-state index in [1.807, 2.05) is 13.0 Å². The molecule has 1 heteroatoms. The summed E-state index contributed by atoms with van der Waals surface area (Å²) < 4.78 is 0. The van der Waals surface area contributed by atoms with Crippen molar-refractivity contribution in [1.82, 2.24) is 0 Å². The summed E-state index contributed by atoms with van der Waals surface area (Å²) in [5.41, 5.74) is 11.6. The molecule has 0 spiro atoms. The molecule has 0 saturated heterocycles. The van der Waals surface area contributed by atoms with E-state index in [4.69, 9.17) is 5.73 Å². The van der Waals surface area contributed by atoms with Crippen LogP contribution >= 0.6 is 0 Å². The summed E-state index contributed by atoms with van der Waals surface area (Å²) >= 11 is 0. The Kier molecular flexibility index (Phi) is 2.80. The minimum absolute atomic E-state index is 0.692. The van der Waals surface area contributed by atoms with Crippen LogP contribution in [-0.2, 0) is 0 Å². The van der Waals surface area contributed by atoms with Gasteiger partial charge < -0.3 is 5.73 Å². The van der Waals surface area contributed by atoms with E-state index in [-0.39, 0.29) is 0 Å². The second-order valence-electron chi connectivity index (χ2n) is 3.54. The average Bonchev–Trinajstić information content (AvgIpc) is 2.21. The summed E-state index contributed by atoms with van der Waals surface area (Å²) in [6.07, 6.45) is 2.78. The van der Waals surface area contributed by atoms with E-state index < -0.39 is 0 Å². The van der Waals surface area contributed by atoms with Crippen molar-refractivity contribution < 1.29 is 0 Å². The van der Waals surface area contributed by atoms with Crippen molar-refractivity contribution in [2.75, 3.05) is 0 Å². The number of rotatable bonds is 1. The highest BCUT2D eigenvalue weighted by Gasteiger charge is 2.15. The van der Waals surface area contributed by atoms with Crippen molar-refractivity contribution in [2.24, 2.45) is 5.73 Å². The molecule has 0 aliphatic heterocycles. The van der Waals surface area contributed by atoms with Crippen molar-refractivity contribution in [1.29, 1.82) is 0 Å². The van der Waals surface area contributed by atoms with Crippen LogP contribution in [0.5, 0.6) is 0 Å². The summed E-state index contributed by atoms with van der Waals surface area (Å²) in [5, 5.41) is 0. The van der Waals surface area contributed by atoms with Gasteiger partial charge >= 0.3 is 0 Å². The molecule has 0 heterocycles. The van der Waals surface area contributed by atoms with Gasteiger partial charge in [-0.05, 0) is 47.3 Å². The Balaban J connectivity index is 3.38. The zero-order valence-electron chi connectivity index (χ0n) is 8.98. The van der Waals surface area contributed by atoms with Gasteiger partial charge in [-0.2, -0.15) is 0 Å². The highest BCUT2D eigenvalue weighted by atomic mass is 14.6. The third-order valence-corrected chi connectivity index (χ3v) is 2.69. The van der Waals surface area contributed by atoms with Gasteiger partial charge in [0.1, 0.15) is 0 Å². The van der Waals surface area contributed by atoms with E-state index in [0.29, 0.717) is 5.70 Å². The monoisotopic (exact) mass is 187 g/mol. The van der Waals surface area contributed by atoms with E-state index in [0.717, 1.165) is 28.7 Å². The van der Waals surface area contributed by atoms with Crippen LogP contribution in [0.25, 0.3) is 0 Å². The Hall–Kier alpha value is -1.50. The molecule has 0 radical (unpaired) electrons. The Morgan fingerprint density at radius 1 is 1.21 bits per heavy atom. The Morgan fingerprint density at radius 3 is 2.29 bits per heavy atom. The van der Waals surface area contributed by atoms with Crippen molar-refractivity contribution in [3.63, 3.8) is 0 Å². The predicted octanol–water partition coefficient (Wildman–Crippen LogP) is 3.24. The number of allylic oxidation sites excluding steroid dienone is 5. The van der Waals surface area contributed by atoms with Gasteiger partial charge in [-0.3, -0.25) is 0 Å². The molecule has 0 aromatic heterocycles. The van der Waals surface area contributed by atoms with Gasteiger partial charge in [0.2, 0.25) is 0 Å². The van der Waals surface area contributed by atoms with Crippen molar-refractivity contribution in [3.05, 3.63) is 59.4 Å². The van der Waals surface area contributed by atoms with Crippen LogP contribution in [0.1, 0.15) is 20.3 Å². The van der Waals surface area contributed by atoms with Crippen LogP contribution in [-0.4, -0.2) is 0 Å². The smallest absolute Gasteiger partial charge is 0.0390 e. The molecule has 1 nitrogen and oxygen atoms in total.